The van der Waals surface area contributed by atoms with Gasteiger partial charge in [-0.25, -0.2) is 9.67 Å². The molecule has 6 heteroatoms. The van der Waals surface area contributed by atoms with Crippen LogP contribution in [-0.2, 0) is 7.05 Å². The molecule has 0 aliphatic heterocycles. The lowest BCUT2D eigenvalue weighted by molar-refractivity contribution is 0.412. The van der Waals surface area contributed by atoms with Crippen molar-refractivity contribution in [2.45, 2.75) is 6.92 Å². The first kappa shape index (κ1) is 17.2. The van der Waals surface area contributed by atoms with Crippen LogP contribution in [0.2, 0.25) is 0 Å². The molecule has 3 rings (SSSR count). The maximum Gasteiger partial charge on any atom is 0.297 e. The molecule has 3 aromatic rings. The number of ether oxygens (including phenoxy) is 1. The Bertz CT molecular complexity index is 988. The minimum Gasteiger partial charge on any atom is -0.496 e. The van der Waals surface area contributed by atoms with E-state index in [2.05, 4.69) is 20.9 Å². The predicted octanol–water partition coefficient (Wildman–Crippen LogP) is 4.01. The maximum absolute atomic E-state index is 12.8. The minimum atomic E-state index is -0.143. The molecule has 128 valence electrons. The molecular weight excluding hydrogens is 382 g/mol. The topological polar surface area (TPSA) is 48.5 Å². The number of rotatable bonds is 4. The molecule has 0 saturated carbocycles. The fourth-order valence-electron chi connectivity index (χ4n) is 2.60. The number of aliphatic imine (C=N–C) groups is 1. The molecule has 1 heterocycles. The van der Waals surface area contributed by atoms with Gasteiger partial charge in [0.1, 0.15) is 5.75 Å². The van der Waals surface area contributed by atoms with Crippen LogP contribution in [0.3, 0.4) is 0 Å². The lowest BCUT2D eigenvalue weighted by Gasteiger charge is -2.07. The minimum absolute atomic E-state index is 0.143. The summed E-state index contributed by atoms with van der Waals surface area (Å²) in [6.07, 6.45) is 1.68. The molecule has 0 fully saturated rings. The lowest BCUT2D eigenvalue weighted by Crippen LogP contribution is -2.19. The van der Waals surface area contributed by atoms with Crippen LogP contribution in [0, 0.1) is 6.92 Å². The van der Waals surface area contributed by atoms with Gasteiger partial charge in [-0.1, -0.05) is 18.2 Å². The summed E-state index contributed by atoms with van der Waals surface area (Å²) in [6.45, 7) is 1.89. The van der Waals surface area contributed by atoms with E-state index in [9.17, 15) is 4.79 Å². The highest BCUT2D eigenvalue weighted by Crippen LogP contribution is 2.25. The van der Waals surface area contributed by atoms with Crippen molar-refractivity contribution >= 4 is 27.8 Å². The first-order valence-corrected chi connectivity index (χ1v) is 8.54. The third-order valence-corrected chi connectivity index (χ3v) is 4.66. The zero-order chi connectivity index (χ0) is 18.0. The molecule has 0 bridgehead atoms. The Morgan fingerprint density at radius 1 is 1.16 bits per heavy atom. The van der Waals surface area contributed by atoms with Gasteiger partial charge in [-0.15, -0.1) is 0 Å². The average Bonchev–Trinajstić information content (AvgIpc) is 2.83. The van der Waals surface area contributed by atoms with Gasteiger partial charge in [-0.05, 0) is 58.7 Å². The van der Waals surface area contributed by atoms with E-state index in [1.54, 1.807) is 18.0 Å². The van der Waals surface area contributed by atoms with Gasteiger partial charge in [0.2, 0.25) is 0 Å². The Balaban J connectivity index is 2.02. The van der Waals surface area contributed by atoms with Gasteiger partial charge in [0.15, 0.2) is 5.69 Å². The van der Waals surface area contributed by atoms with E-state index in [1.165, 1.54) is 0 Å². The average molecular weight is 400 g/mol. The van der Waals surface area contributed by atoms with E-state index in [4.69, 9.17) is 4.74 Å². The molecule has 0 atom stereocenters. The number of aromatic nitrogens is 2. The van der Waals surface area contributed by atoms with Crippen molar-refractivity contribution in [3.05, 3.63) is 74.6 Å². The fourth-order valence-corrected chi connectivity index (χ4v) is 3.16. The summed E-state index contributed by atoms with van der Waals surface area (Å²) in [7, 11) is 3.47. The normalized spacial score (nSPS) is 11.2. The molecular formula is C19H18BrN3O2. The van der Waals surface area contributed by atoms with E-state index in [1.807, 2.05) is 67.2 Å². The third-order valence-electron chi connectivity index (χ3n) is 4.04. The molecule has 25 heavy (non-hydrogen) atoms. The lowest BCUT2D eigenvalue weighted by atomic mass is 10.2. The van der Waals surface area contributed by atoms with E-state index in [-0.39, 0.29) is 5.56 Å². The second-order valence-electron chi connectivity index (χ2n) is 5.56. The van der Waals surface area contributed by atoms with Crippen molar-refractivity contribution in [2.24, 2.45) is 12.0 Å². The van der Waals surface area contributed by atoms with Crippen LogP contribution in [0.25, 0.3) is 5.69 Å². The van der Waals surface area contributed by atoms with Crippen LogP contribution in [-0.4, -0.2) is 22.7 Å². The summed E-state index contributed by atoms with van der Waals surface area (Å²) in [6, 6.07) is 15.2. The summed E-state index contributed by atoms with van der Waals surface area (Å²) < 4.78 is 9.49. The standard InChI is InChI=1S/C19H18BrN3O2/c1-13-18(21-12-14-9-10-17(25-3)16(20)11-14)19(24)23(22(13)2)15-7-5-4-6-8-15/h4-12H,1-3H3. The van der Waals surface area contributed by atoms with E-state index < -0.39 is 0 Å². The maximum atomic E-state index is 12.8. The van der Waals surface area contributed by atoms with E-state index in [0.717, 1.165) is 27.2 Å². The van der Waals surface area contributed by atoms with Gasteiger partial charge in [0, 0.05) is 13.3 Å². The smallest absolute Gasteiger partial charge is 0.297 e. The molecule has 0 saturated heterocycles. The number of methoxy groups -OCH3 is 1. The van der Waals surface area contributed by atoms with Gasteiger partial charge in [-0.2, -0.15) is 0 Å². The molecule has 0 N–H and O–H groups in total. The van der Waals surface area contributed by atoms with Crippen molar-refractivity contribution in [3.63, 3.8) is 0 Å². The summed E-state index contributed by atoms with van der Waals surface area (Å²) in [4.78, 5) is 17.2. The molecule has 0 aliphatic carbocycles. The second kappa shape index (κ2) is 7.11. The summed E-state index contributed by atoms with van der Waals surface area (Å²) in [5, 5.41) is 0. The first-order chi connectivity index (χ1) is 12.0. The summed E-state index contributed by atoms with van der Waals surface area (Å²) in [5.74, 6) is 0.750. The monoisotopic (exact) mass is 399 g/mol. The Morgan fingerprint density at radius 2 is 1.88 bits per heavy atom. The van der Waals surface area contributed by atoms with E-state index in [0.29, 0.717) is 5.69 Å². The number of hydrogen-bond donors (Lipinski definition) is 0. The highest BCUT2D eigenvalue weighted by molar-refractivity contribution is 9.10. The van der Waals surface area contributed by atoms with Crippen molar-refractivity contribution in [2.75, 3.05) is 7.11 Å². The zero-order valence-electron chi connectivity index (χ0n) is 14.2. The van der Waals surface area contributed by atoms with Crippen molar-refractivity contribution in [1.29, 1.82) is 0 Å². The predicted molar refractivity (Wildman–Crippen MR) is 104 cm³/mol. The number of benzene rings is 2. The van der Waals surface area contributed by atoms with Crippen LogP contribution in [0.15, 0.2) is 62.8 Å². The van der Waals surface area contributed by atoms with Crippen molar-refractivity contribution < 1.29 is 4.74 Å². The molecule has 2 aromatic carbocycles. The molecule has 0 radical (unpaired) electrons. The van der Waals surface area contributed by atoms with Crippen molar-refractivity contribution in [1.82, 2.24) is 9.36 Å². The molecule has 5 nitrogen and oxygen atoms in total. The van der Waals surface area contributed by atoms with Crippen LogP contribution < -0.4 is 10.3 Å². The Labute approximate surface area is 154 Å². The Kier molecular flexibility index (Phi) is 4.90. The van der Waals surface area contributed by atoms with Gasteiger partial charge >= 0.3 is 0 Å². The second-order valence-corrected chi connectivity index (χ2v) is 6.42. The molecule has 1 aromatic heterocycles. The SMILES string of the molecule is COc1ccc(C=Nc2c(C)n(C)n(-c3ccccc3)c2=O)cc1Br. The Hall–Kier alpha value is -2.60. The fraction of sp³-hybridized carbons (Fsp3) is 0.158. The number of para-hydroxylation sites is 1. The van der Waals surface area contributed by atoms with Gasteiger partial charge in [-0.3, -0.25) is 9.48 Å². The number of halogens is 1. The van der Waals surface area contributed by atoms with Crippen LogP contribution >= 0.6 is 15.9 Å². The highest BCUT2D eigenvalue weighted by Gasteiger charge is 2.14. The molecule has 0 unspecified atom stereocenters. The van der Waals surface area contributed by atoms with Crippen LogP contribution in [0.5, 0.6) is 5.75 Å². The number of nitrogens with zero attached hydrogens (tertiary/aromatic N) is 3. The summed E-state index contributed by atoms with van der Waals surface area (Å²) >= 11 is 3.45. The van der Waals surface area contributed by atoms with E-state index >= 15 is 0 Å². The van der Waals surface area contributed by atoms with Crippen LogP contribution in [0.4, 0.5) is 5.69 Å². The van der Waals surface area contributed by atoms with Crippen molar-refractivity contribution in [3.8, 4) is 11.4 Å². The zero-order valence-corrected chi connectivity index (χ0v) is 15.8. The first-order valence-electron chi connectivity index (χ1n) is 7.74. The van der Waals surface area contributed by atoms with Gasteiger partial charge < -0.3 is 4.74 Å². The molecule has 0 amide bonds. The number of hydrogen-bond acceptors (Lipinski definition) is 3. The molecule has 0 spiro atoms. The third kappa shape index (κ3) is 3.30. The largest absolute Gasteiger partial charge is 0.496 e. The highest BCUT2D eigenvalue weighted by atomic mass is 79.9. The Morgan fingerprint density at radius 3 is 2.52 bits per heavy atom. The summed E-state index contributed by atoms with van der Waals surface area (Å²) in [5.41, 5.74) is 2.78. The quantitative estimate of drug-likeness (QED) is 0.622. The van der Waals surface area contributed by atoms with Gasteiger partial charge in [0.25, 0.3) is 5.56 Å². The molecule has 0 aliphatic rings. The van der Waals surface area contributed by atoms with Gasteiger partial charge in [0.05, 0.1) is 23.0 Å². The van der Waals surface area contributed by atoms with Crippen LogP contribution in [0.1, 0.15) is 11.3 Å².